The Morgan fingerprint density at radius 3 is 2.24 bits per heavy atom. The monoisotopic (exact) mass is 485 g/mol. The lowest BCUT2D eigenvalue weighted by Crippen LogP contribution is -2.39. The van der Waals surface area contributed by atoms with Crippen LogP contribution in [0.15, 0.2) is 24.7 Å². The zero-order valence-corrected chi connectivity index (χ0v) is 21.1. The van der Waals surface area contributed by atoms with Gasteiger partial charge in [0.1, 0.15) is 0 Å². The molecule has 190 valence electrons. The lowest BCUT2D eigenvalue weighted by molar-refractivity contribution is -0.122. The van der Waals surface area contributed by atoms with E-state index in [0.29, 0.717) is 12.8 Å². The van der Waals surface area contributed by atoms with Gasteiger partial charge in [0.15, 0.2) is 0 Å². The lowest BCUT2D eigenvalue weighted by atomic mass is 10.1. The number of aromatic amines is 1. The maximum atomic E-state index is 12.2. The number of amides is 1. The van der Waals surface area contributed by atoms with Gasteiger partial charge in [0, 0.05) is 24.7 Å². The number of phosphoric ester groups is 1. The van der Waals surface area contributed by atoms with E-state index >= 15 is 0 Å². The number of hydrogen-bond donors (Lipinski definition) is 4. The molecule has 9 heteroatoms. The largest absolute Gasteiger partial charge is 0.469 e. The number of aromatic nitrogens is 2. The van der Waals surface area contributed by atoms with Gasteiger partial charge in [-0.25, -0.2) is 9.55 Å². The highest BCUT2D eigenvalue weighted by Crippen LogP contribution is 2.35. The first kappa shape index (κ1) is 29.6. The summed E-state index contributed by atoms with van der Waals surface area (Å²) in [6, 6.07) is -0.534. The van der Waals surface area contributed by atoms with E-state index < -0.39 is 13.9 Å². The molecule has 1 rings (SSSR count). The number of unbranched alkanes of at least 4 members (excludes halogenated alkanes) is 11. The first-order valence-corrected chi connectivity index (χ1v) is 14.1. The van der Waals surface area contributed by atoms with E-state index in [1.165, 1.54) is 64.1 Å². The predicted octanol–water partition coefficient (Wildman–Crippen LogP) is 5.58. The third-order valence-corrected chi connectivity index (χ3v) is 5.98. The summed E-state index contributed by atoms with van der Waals surface area (Å²) in [6.45, 7) is 1.98. The summed E-state index contributed by atoms with van der Waals surface area (Å²) in [5.41, 5.74) is 0.760. The van der Waals surface area contributed by atoms with Crippen LogP contribution in [0.2, 0.25) is 0 Å². The maximum Gasteiger partial charge on any atom is 0.469 e. The number of imidazole rings is 1. The fourth-order valence-electron chi connectivity index (χ4n) is 3.66. The summed E-state index contributed by atoms with van der Waals surface area (Å²) in [7, 11) is -4.59. The van der Waals surface area contributed by atoms with Crippen LogP contribution >= 0.6 is 7.82 Å². The molecule has 8 nitrogen and oxygen atoms in total. The summed E-state index contributed by atoms with van der Waals surface area (Å²) in [5.74, 6) is -0.133. The van der Waals surface area contributed by atoms with Crippen molar-refractivity contribution in [3.63, 3.8) is 0 Å². The second kappa shape index (κ2) is 18.9. The smallest absolute Gasteiger partial charge is 0.351 e. The molecule has 4 N–H and O–H groups in total. The minimum atomic E-state index is -4.59. The zero-order valence-electron chi connectivity index (χ0n) is 20.2. The van der Waals surface area contributed by atoms with Crippen molar-refractivity contribution in [1.29, 1.82) is 0 Å². The van der Waals surface area contributed by atoms with Gasteiger partial charge < -0.3 is 20.1 Å². The van der Waals surface area contributed by atoms with Crippen molar-refractivity contribution in [1.82, 2.24) is 15.3 Å². The molecule has 0 spiro atoms. The van der Waals surface area contributed by atoms with Gasteiger partial charge in [-0.15, -0.1) is 0 Å². The number of allylic oxidation sites excluding steroid dienone is 2. The molecule has 0 aromatic carbocycles. The molecule has 33 heavy (non-hydrogen) atoms. The molecule has 0 saturated heterocycles. The minimum absolute atomic E-state index is 0.133. The van der Waals surface area contributed by atoms with Crippen molar-refractivity contribution in [3.8, 4) is 0 Å². The first-order valence-electron chi connectivity index (χ1n) is 12.5. The fourth-order valence-corrected chi connectivity index (χ4v) is 4.03. The van der Waals surface area contributed by atoms with Gasteiger partial charge in [0.05, 0.1) is 19.0 Å². The average molecular weight is 486 g/mol. The van der Waals surface area contributed by atoms with Crippen molar-refractivity contribution in [2.75, 3.05) is 6.61 Å². The molecule has 1 amide bonds. The molecule has 1 heterocycles. The molecular formula is C24H44N3O5P. The number of hydrogen-bond acceptors (Lipinski definition) is 4. The van der Waals surface area contributed by atoms with Gasteiger partial charge in [0.25, 0.3) is 0 Å². The van der Waals surface area contributed by atoms with Gasteiger partial charge in [-0.05, 0) is 32.1 Å². The van der Waals surface area contributed by atoms with Crippen molar-refractivity contribution in [2.24, 2.45) is 0 Å². The lowest BCUT2D eigenvalue weighted by Gasteiger charge is -2.18. The average Bonchev–Trinajstić information content (AvgIpc) is 3.27. The number of H-pyrrole nitrogens is 1. The molecule has 0 aliphatic rings. The van der Waals surface area contributed by atoms with Gasteiger partial charge >= 0.3 is 7.82 Å². The Labute approximate surface area is 199 Å². The summed E-state index contributed by atoms with van der Waals surface area (Å²) in [6.07, 6.45) is 24.2. The second-order valence-electron chi connectivity index (χ2n) is 8.67. The van der Waals surface area contributed by atoms with E-state index in [9.17, 15) is 9.36 Å². The Kier molecular flexibility index (Phi) is 16.9. The third kappa shape index (κ3) is 18.6. The molecule has 0 aliphatic carbocycles. The van der Waals surface area contributed by atoms with E-state index in [4.69, 9.17) is 9.79 Å². The molecule has 1 aromatic rings. The van der Waals surface area contributed by atoms with Gasteiger partial charge in [0.2, 0.25) is 5.91 Å². The van der Waals surface area contributed by atoms with Crippen LogP contribution in [0, 0.1) is 0 Å². The Morgan fingerprint density at radius 1 is 1.06 bits per heavy atom. The van der Waals surface area contributed by atoms with Gasteiger partial charge in [-0.2, -0.15) is 0 Å². The highest BCUT2D eigenvalue weighted by atomic mass is 31.2. The van der Waals surface area contributed by atoms with Crippen LogP contribution in [-0.4, -0.2) is 38.3 Å². The molecule has 0 radical (unpaired) electrons. The Bertz CT molecular complexity index is 676. The van der Waals surface area contributed by atoms with Crippen molar-refractivity contribution in [3.05, 3.63) is 30.4 Å². The molecule has 1 aromatic heterocycles. The van der Waals surface area contributed by atoms with E-state index in [2.05, 4.69) is 38.9 Å². The van der Waals surface area contributed by atoms with Crippen LogP contribution < -0.4 is 5.32 Å². The quantitative estimate of drug-likeness (QED) is 0.102. The predicted molar refractivity (Wildman–Crippen MR) is 132 cm³/mol. The van der Waals surface area contributed by atoms with Crippen LogP contribution in [0.4, 0.5) is 0 Å². The van der Waals surface area contributed by atoms with E-state index in [-0.39, 0.29) is 12.5 Å². The Morgan fingerprint density at radius 2 is 1.67 bits per heavy atom. The maximum absolute atomic E-state index is 12.2. The number of rotatable bonds is 21. The first-order chi connectivity index (χ1) is 15.9. The molecule has 0 bridgehead atoms. The molecule has 1 atom stereocenters. The summed E-state index contributed by atoms with van der Waals surface area (Å²) < 4.78 is 15.6. The minimum Gasteiger partial charge on any atom is -0.351 e. The highest BCUT2D eigenvalue weighted by Gasteiger charge is 2.20. The number of phosphoric acid groups is 1. The molecule has 0 saturated carbocycles. The summed E-state index contributed by atoms with van der Waals surface area (Å²) in [5, 5.41) is 2.81. The van der Waals surface area contributed by atoms with Crippen molar-refractivity contribution >= 4 is 13.7 Å². The van der Waals surface area contributed by atoms with Crippen molar-refractivity contribution < 1.29 is 23.7 Å². The van der Waals surface area contributed by atoms with E-state index in [1.807, 2.05) is 0 Å². The van der Waals surface area contributed by atoms with Crippen LogP contribution in [-0.2, 0) is 20.3 Å². The van der Waals surface area contributed by atoms with Crippen LogP contribution in [0.5, 0.6) is 0 Å². The summed E-state index contributed by atoms with van der Waals surface area (Å²) in [4.78, 5) is 36.9. The molecular weight excluding hydrogens is 441 g/mol. The SMILES string of the molecule is CCCCCCCCC=CCCCCCCCC(=O)N[C@H](COP(=O)(O)O)Cc1cnc[nH]1. The van der Waals surface area contributed by atoms with Crippen LogP contribution in [0.25, 0.3) is 0 Å². The van der Waals surface area contributed by atoms with Gasteiger partial charge in [-0.1, -0.05) is 70.4 Å². The highest BCUT2D eigenvalue weighted by molar-refractivity contribution is 7.46. The standard InChI is InChI=1S/C24H44N3O5P/c1-2-3-4-5-6-7-8-9-10-11-12-13-14-15-16-17-24(28)27-23(20-32-33(29,30)31)18-22-19-25-21-26-22/h9-10,19,21,23H,2-8,11-18,20H2,1H3,(H,25,26)(H,27,28)(H2,29,30,31)/t23-/m0/s1. The summed E-state index contributed by atoms with van der Waals surface area (Å²) >= 11 is 0. The zero-order chi connectivity index (χ0) is 24.2. The Hall–Kier alpha value is -1.47. The topological polar surface area (TPSA) is 125 Å². The Balaban J connectivity index is 2.06. The number of nitrogens with one attached hydrogen (secondary N) is 2. The fraction of sp³-hybridized carbons (Fsp3) is 0.750. The number of nitrogens with zero attached hydrogens (tertiary/aromatic N) is 1. The van der Waals surface area contributed by atoms with Crippen LogP contribution in [0.1, 0.15) is 103 Å². The molecule has 0 aliphatic heterocycles. The molecule has 0 unspecified atom stereocenters. The number of carbonyl (C=O) groups excluding carboxylic acids is 1. The van der Waals surface area contributed by atoms with Crippen LogP contribution in [0.3, 0.4) is 0 Å². The van der Waals surface area contributed by atoms with E-state index in [1.54, 1.807) is 6.20 Å². The van der Waals surface area contributed by atoms with E-state index in [0.717, 1.165) is 31.4 Å². The number of carbonyl (C=O) groups is 1. The van der Waals surface area contributed by atoms with Crippen molar-refractivity contribution in [2.45, 2.75) is 109 Å². The van der Waals surface area contributed by atoms with Gasteiger partial charge in [-0.3, -0.25) is 9.32 Å². The molecule has 0 fully saturated rings. The normalized spacial score (nSPS) is 12.9. The second-order valence-corrected chi connectivity index (χ2v) is 9.91. The third-order valence-electron chi connectivity index (χ3n) is 5.50.